The van der Waals surface area contributed by atoms with Crippen molar-refractivity contribution in [2.45, 2.75) is 11.3 Å². The lowest BCUT2D eigenvalue weighted by Crippen LogP contribution is -2.18. The molecule has 4 nitrogen and oxygen atoms in total. The molecule has 0 aliphatic heterocycles. The van der Waals surface area contributed by atoms with Gasteiger partial charge in [0.15, 0.2) is 0 Å². The Morgan fingerprint density at radius 3 is 2.31 bits per heavy atom. The van der Waals surface area contributed by atoms with Crippen LogP contribution >= 0.6 is 0 Å². The molecule has 0 saturated carbocycles. The Morgan fingerprint density at radius 1 is 1.25 bits per heavy atom. The maximum Gasteiger partial charge on any atom is 0.573 e. The molecule has 8 heteroatoms. The molecular formula is C8H7F3NO3S-. The molecule has 16 heavy (non-hydrogen) atoms. The van der Waals surface area contributed by atoms with Gasteiger partial charge in [-0.05, 0) is 12.1 Å². The zero-order chi connectivity index (χ0) is 12.4. The predicted octanol–water partition coefficient (Wildman–Crippen LogP) is 2.28. The van der Waals surface area contributed by atoms with Crippen molar-refractivity contribution in [3.63, 3.8) is 0 Å². The van der Waals surface area contributed by atoms with Crippen LogP contribution in [0.25, 0.3) is 4.72 Å². The third-order valence-corrected chi connectivity index (χ3v) is 2.97. The number of hydrogen-bond acceptors (Lipinski definition) is 3. The quantitative estimate of drug-likeness (QED) is 0.831. The van der Waals surface area contributed by atoms with Crippen molar-refractivity contribution in [2.24, 2.45) is 0 Å². The summed E-state index contributed by atoms with van der Waals surface area (Å²) in [6.07, 6.45) is -4.95. The van der Waals surface area contributed by atoms with Crippen LogP contribution in [0.3, 0.4) is 0 Å². The van der Waals surface area contributed by atoms with E-state index in [1.807, 2.05) is 0 Å². The van der Waals surface area contributed by atoms with E-state index in [0.29, 0.717) is 0 Å². The predicted molar refractivity (Wildman–Crippen MR) is 49.6 cm³/mol. The van der Waals surface area contributed by atoms with E-state index in [1.54, 1.807) is 0 Å². The zero-order valence-electron chi connectivity index (χ0n) is 8.02. The highest BCUT2D eigenvalue weighted by molar-refractivity contribution is 7.94. The monoisotopic (exact) mass is 254 g/mol. The molecule has 0 aromatic heterocycles. The van der Waals surface area contributed by atoms with Crippen molar-refractivity contribution in [3.8, 4) is 5.75 Å². The standard InChI is InChI=1S/C8H7F3NO3S/c1-12-16(13,14)7-5-3-2-4-6(7)15-8(9,10)11/h2-5H,1H3/q-1. The normalized spacial score (nSPS) is 12.5. The van der Waals surface area contributed by atoms with Gasteiger partial charge in [0.05, 0.1) is 4.90 Å². The molecule has 1 aromatic carbocycles. The second kappa shape index (κ2) is 4.30. The fraction of sp³-hybridized carbons (Fsp3) is 0.250. The molecule has 0 bridgehead atoms. The maximum atomic E-state index is 12.0. The molecule has 0 heterocycles. The first-order chi connectivity index (χ1) is 7.26. The molecule has 0 radical (unpaired) electrons. The van der Waals surface area contributed by atoms with Crippen LogP contribution < -0.4 is 4.74 Å². The summed E-state index contributed by atoms with van der Waals surface area (Å²) >= 11 is 0. The first-order valence-corrected chi connectivity index (χ1v) is 5.41. The van der Waals surface area contributed by atoms with Crippen molar-refractivity contribution in [3.05, 3.63) is 29.0 Å². The fourth-order valence-electron chi connectivity index (χ4n) is 0.971. The smallest absolute Gasteiger partial charge is 0.547 e. The summed E-state index contributed by atoms with van der Waals surface area (Å²) in [7, 11) is -3.13. The third kappa shape index (κ3) is 3.11. The maximum absolute atomic E-state index is 12.0. The Balaban J connectivity index is 3.22. The van der Waals surface area contributed by atoms with Crippen LogP contribution in [0, 0.1) is 0 Å². The first-order valence-electron chi connectivity index (χ1n) is 3.97. The van der Waals surface area contributed by atoms with Gasteiger partial charge in [-0.15, -0.1) is 13.2 Å². The minimum Gasteiger partial charge on any atom is -0.547 e. The molecule has 1 aromatic rings. The van der Waals surface area contributed by atoms with Gasteiger partial charge >= 0.3 is 6.36 Å². The van der Waals surface area contributed by atoms with Crippen LogP contribution in [0.5, 0.6) is 5.75 Å². The van der Waals surface area contributed by atoms with Crippen LogP contribution in [0.2, 0.25) is 0 Å². The average molecular weight is 254 g/mol. The lowest BCUT2D eigenvalue weighted by atomic mass is 10.3. The fourth-order valence-corrected chi connectivity index (χ4v) is 1.78. The summed E-state index contributed by atoms with van der Waals surface area (Å²) in [5, 5.41) is 0. The SMILES string of the molecule is C[N-]S(=O)(=O)c1ccccc1OC(F)(F)F. The molecule has 0 amide bonds. The van der Waals surface area contributed by atoms with Crippen LogP contribution in [-0.2, 0) is 10.0 Å². The van der Waals surface area contributed by atoms with Gasteiger partial charge in [0.25, 0.3) is 0 Å². The lowest BCUT2D eigenvalue weighted by molar-refractivity contribution is -0.275. The molecule has 90 valence electrons. The minimum atomic E-state index is -4.95. The van der Waals surface area contributed by atoms with Crippen LogP contribution in [-0.4, -0.2) is 21.8 Å². The minimum absolute atomic E-state index is 0.616. The highest BCUT2D eigenvalue weighted by atomic mass is 32.2. The molecule has 1 rings (SSSR count). The van der Waals surface area contributed by atoms with Crippen molar-refractivity contribution < 1.29 is 26.3 Å². The highest BCUT2D eigenvalue weighted by Gasteiger charge is 2.32. The number of alkyl halides is 3. The second-order valence-electron chi connectivity index (χ2n) is 2.65. The lowest BCUT2D eigenvalue weighted by Gasteiger charge is -2.18. The number of nitrogens with zero attached hydrogens (tertiary/aromatic N) is 1. The van der Waals surface area contributed by atoms with Crippen molar-refractivity contribution in [1.29, 1.82) is 0 Å². The summed E-state index contributed by atoms with van der Waals surface area (Å²) in [4.78, 5) is -0.616. The molecule has 0 saturated heterocycles. The molecule has 0 fully saturated rings. The van der Waals surface area contributed by atoms with Crippen LogP contribution in [0.15, 0.2) is 29.2 Å². The van der Waals surface area contributed by atoms with Gasteiger partial charge in [-0.3, -0.25) is 0 Å². The van der Waals surface area contributed by atoms with E-state index >= 15 is 0 Å². The van der Waals surface area contributed by atoms with Crippen molar-refractivity contribution in [1.82, 2.24) is 0 Å². The molecule has 0 unspecified atom stereocenters. The molecule has 0 spiro atoms. The van der Waals surface area contributed by atoms with Gasteiger partial charge in [-0.1, -0.05) is 12.1 Å². The summed E-state index contributed by atoms with van der Waals surface area (Å²) in [6, 6.07) is 4.41. The Morgan fingerprint density at radius 2 is 1.81 bits per heavy atom. The number of sulfonamides is 1. The van der Waals surface area contributed by atoms with E-state index in [4.69, 9.17) is 0 Å². The Bertz CT molecular complexity index is 470. The zero-order valence-corrected chi connectivity index (χ0v) is 8.84. The number of ether oxygens (including phenoxy) is 1. The third-order valence-electron chi connectivity index (χ3n) is 1.59. The number of benzene rings is 1. The number of hydrogen-bond donors (Lipinski definition) is 0. The van der Waals surface area contributed by atoms with Gasteiger partial charge < -0.3 is 9.46 Å². The Labute approximate surface area is 90.1 Å². The highest BCUT2D eigenvalue weighted by Crippen LogP contribution is 2.30. The van der Waals surface area contributed by atoms with E-state index in [1.165, 1.54) is 12.1 Å². The van der Waals surface area contributed by atoms with Crippen LogP contribution in [0.1, 0.15) is 0 Å². The number of halogens is 3. The summed E-state index contributed by atoms with van der Waals surface area (Å²) in [5.41, 5.74) is 0. The van der Waals surface area contributed by atoms with Gasteiger partial charge in [-0.25, -0.2) is 8.42 Å². The molecule has 0 N–H and O–H groups in total. The van der Waals surface area contributed by atoms with Gasteiger partial charge in [0, 0.05) is 0 Å². The van der Waals surface area contributed by atoms with E-state index in [2.05, 4.69) is 9.46 Å². The number of rotatable bonds is 3. The second-order valence-corrected chi connectivity index (χ2v) is 4.41. The van der Waals surface area contributed by atoms with E-state index in [9.17, 15) is 21.6 Å². The number of para-hydroxylation sites is 1. The van der Waals surface area contributed by atoms with E-state index in [0.717, 1.165) is 19.2 Å². The van der Waals surface area contributed by atoms with Gasteiger partial charge in [-0.2, -0.15) is 7.05 Å². The largest absolute Gasteiger partial charge is 0.573 e. The molecule has 0 aliphatic rings. The average Bonchev–Trinajstić information content (AvgIpc) is 2.16. The summed E-state index contributed by atoms with van der Waals surface area (Å²) in [6.45, 7) is 0. The summed E-state index contributed by atoms with van der Waals surface area (Å²) in [5.74, 6) is -0.791. The molecule has 0 atom stereocenters. The van der Waals surface area contributed by atoms with Crippen LogP contribution in [0.4, 0.5) is 13.2 Å². The molecular weight excluding hydrogens is 247 g/mol. The Hall–Kier alpha value is -1.28. The van der Waals surface area contributed by atoms with Gasteiger partial charge in [0.1, 0.15) is 15.8 Å². The van der Waals surface area contributed by atoms with E-state index < -0.39 is 27.0 Å². The van der Waals surface area contributed by atoms with Crippen molar-refractivity contribution in [2.75, 3.05) is 7.05 Å². The first kappa shape index (κ1) is 12.8. The van der Waals surface area contributed by atoms with Crippen molar-refractivity contribution >= 4 is 10.0 Å². The summed E-state index contributed by atoms with van der Waals surface area (Å²) < 4.78 is 65.1. The van der Waals surface area contributed by atoms with Gasteiger partial charge in [0.2, 0.25) is 0 Å². The molecule has 0 aliphatic carbocycles. The topological polar surface area (TPSA) is 57.5 Å². The Kier molecular flexibility index (Phi) is 3.44. The van der Waals surface area contributed by atoms with E-state index in [-0.39, 0.29) is 0 Å².